The number of hydrogen-bond acceptors (Lipinski definition) is 4. The van der Waals surface area contributed by atoms with Gasteiger partial charge in [0, 0.05) is 0 Å². The second kappa shape index (κ2) is 6.51. The summed E-state index contributed by atoms with van der Waals surface area (Å²) in [5, 5.41) is 8.16. The highest BCUT2D eigenvalue weighted by atomic mass is 31.2. The number of hydrogen-bond donors (Lipinski definition) is 1. The topological polar surface area (TPSA) is 68.3 Å². The normalized spacial score (nSPS) is 13.0. The molecule has 0 saturated carbocycles. The Labute approximate surface area is 68.3 Å². The van der Waals surface area contributed by atoms with Crippen LogP contribution in [0.4, 0.5) is 0 Å². The molecule has 0 spiro atoms. The van der Waals surface area contributed by atoms with E-state index in [2.05, 4.69) is 0 Å². The molecular weight excluding hydrogens is 163 g/mol. The smallest absolute Gasteiger partial charge is 0.253 e. The third-order valence-electron chi connectivity index (χ3n) is 0.747. The van der Waals surface area contributed by atoms with Gasteiger partial charge >= 0.3 is 0 Å². The Kier molecular flexibility index (Phi) is 6.39. The average molecular weight is 176 g/mol. The summed E-state index contributed by atoms with van der Waals surface area (Å²) in [4.78, 5) is 0. The monoisotopic (exact) mass is 176 g/mol. The molecule has 0 saturated heterocycles. The molecule has 0 amide bonds. The first kappa shape index (κ1) is 10.8. The van der Waals surface area contributed by atoms with Gasteiger partial charge in [-0.25, -0.2) is 0 Å². The Morgan fingerprint density at radius 1 is 1.64 bits per heavy atom. The van der Waals surface area contributed by atoms with Gasteiger partial charge in [0.1, 0.15) is 0 Å². The van der Waals surface area contributed by atoms with Gasteiger partial charge in [0.05, 0.1) is 25.2 Å². The summed E-state index contributed by atoms with van der Waals surface area (Å²) in [5.41, 5.74) is 5.43. The van der Waals surface area contributed by atoms with Gasteiger partial charge in [0.15, 0.2) is 0 Å². The fourth-order valence-corrected chi connectivity index (χ4v) is 1.17. The molecule has 0 aromatic rings. The van der Waals surface area contributed by atoms with Gasteiger partial charge < -0.3 is 9.05 Å². The lowest BCUT2D eigenvalue weighted by molar-refractivity contribution is 0.208. The Morgan fingerprint density at radius 2 is 2.27 bits per heavy atom. The minimum atomic E-state index is -1.28. The molecule has 0 aromatic carbocycles. The quantitative estimate of drug-likeness (QED) is 0.509. The lowest BCUT2D eigenvalue weighted by atomic mass is 10.5. The second-order valence-electron chi connectivity index (χ2n) is 2.18. The maximum atomic E-state index is 8.16. The molecular formula is C6H13N2O2P. The van der Waals surface area contributed by atoms with E-state index in [1.54, 1.807) is 0 Å². The van der Waals surface area contributed by atoms with E-state index in [4.69, 9.17) is 19.8 Å². The summed E-state index contributed by atoms with van der Waals surface area (Å²) in [5.74, 6) is 0. The molecule has 0 heterocycles. The maximum Gasteiger partial charge on any atom is 0.253 e. The van der Waals surface area contributed by atoms with E-state index in [0.29, 0.717) is 13.0 Å². The van der Waals surface area contributed by atoms with E-state index in [1.807, 2.05) is 19.9 Å². The van der Waals surface area contributed by atoms with Crippen molar-refractivity contribution in [2.24, 2.45) is 5.50 Å². The lowest BCUT2D eigenvalue weighted by Gasteiger charge is -2.13. The molecule has 0 aromatic heterocycles. The van der Waals surface area contributed by atoms with Crippen LogP contribution in [-0.2, 0) is 9.05 Å². The SMILES string of the molecule is CC(C)OP(N)OCCC#N. The van der Waals surface area contributed by atoms with Crippen molar-refractivity contribution >= 4 is 8.53 Å². The van der Waals surface area contributed by atoms with Gasteiger partial charge in [-0.2, -0.15) is 5.26 Å². The van der Waals surface area contributed by atoms with Crippen molar-refractivity contribution in [3.8, 4) is 6.07 Å². The zero-order valence-corrected chi connectivity index (χ0v) is 7.67. The van der Waals surface area contributed by atoms with Gasteiger partial charge in [-0.15, -0.1) is 0 Å². The minimum absolute atomic E-state index is 0.0770. The van der Waals surface area contributed by atoms with Crippen molar-refractivity contribution in [2.45, 2.75) is 26.4 Å². The molecule has 4 nitrogen and oxygen atoms in total. The van der Waals surface area contributed by atoms with Gasteiger partial charge in [0.25, 0.3) is 8.53 Å². The largest absolute Gasteiger partial charge is 0.321 e. The molecule has 0 fully saturated rings. The fourth-order valence-electron chi connectivity index (χ4n) is 0.419. The summed E-state index contributed by atoms with van der Waals surface area (Å²) >= 11 is 0. The first-order valence-electron chi connectivity index (χ1n) is 3.38. The number of rotatable bonds is 5. The third kappa shape index (κ3) is 7.70. The van der Waals surface area contributed by atoms with E-state index in [0.717, 1.165) is 0 Å². The highest BCUT2D eigenvalue weighted by molar-refractivity contribution is 7.44. The molecule has 2 N–H and O–H groups in total. The highest BCUT2D eigenvalue weighted by Crippen LogP contribution is 2.29. The molecule has 5 heteroatoms. The predicted molar refractivity (Wildman–Crippen MR) is 43.5 cm³/mol. The van der Waals surface area contributed by atoms with Crippen molar-refractivity contribution in [1.82, 2.24) is 0 Å². The van der Waals surface area contributed by atoms with E-state index in [1.165, 1.54) is 0 Å². The van der Waals surface area contributed by atoms with Gasteiger partial charge in [0.2, 0.25) is 0 Å². The molecule has 11 heavy (non-hydrogen) atoms. The lowest BCUT2D eigenvalue weighted by Crippen LogP contribution is -2.05. The van der Waals surface area contributed by atoms with E-state index in [9.17, 15) is 0 Å². The predicted octanol–water partition coefficient (Wildman–Crippen LogP) is 1.53. The highest BCUT2D eigenvalue weighted by Gasteiger charge is 2.05. The molecule has 0 aliphatic heterocycles. The van der Waals surface area contributed by atoms with Gasteiger partial charge in [-0.05, 0) is 13.8 Å². The van der Waals surface area contributed by atoms with E-state index in [-0.39, 0.29) is 6.10 Å². The van der Waals surface area contributed by atoms with E-state index >= 15 is 0 Å². The first-order valence-corrected chi connectivity index (χ1v) is 4.63. The Balaban J connectivity index is 3.24. The Bertz CT molecular complexity index is 135. The third-order valence-corrected chi connectivity index (χ3v) is 1.81. The van der Waals surface area contributed by atoms with Crippen LogP contribution in [0.1, 0.15) is 20.3 Å². The van der Waals surface area contributed by atoms with Crippen molar-refractivity contribution < 1.29 is 9.05 Å². The van der Waals surface area contributed by atoms with Crippen LogP contribution in [0, 0.1) is 11.3 Å². The minimum Gasteiger partial charge on any atom is -0.321 e. The van der Waals surface area contributed by atoms with Crippen molar-refractivity contribution in [3.05, 3.63) is 0 Å². The molecule has 0 radical (unpaired) electrons. The Hall–Kier alpha value is -0.200. The maximum absolute atomic E-state index is 8.16. The van der Waals surface area contributed by atoms with Crippen molar-refractivity contribution in [3.63, 3.8) is 0 Å². The molecule has 64 valence electrons. The van der Waals surface area contributed by atoms with Crippen LogP contribution < -0.4 is 5.50 Å². The van der Waals surface area contributed by atoms with Crippen LogP contribution in [0.15, 0.2) is 0 Å². The number of nitriles is 1. The van der Waals surface area contributed by atoms with Crippen LogP contribution in [0.3, 0.4) is 0 Å². The summed E-state index contributed by atoms with van der Waals surface area (Å²) in [6.07, 6.45) is 0.436. The molecule has 0 rings (SSSR count). The van der Waals surface area contributed by atoms with Crippen molar-refractivity contribution in [1.29, 1.82) is 5.26 Å². The zero-order valence-electron chi connectivity index (χ0n) is 6.78. The van der Waals surface area contributed by atoms with Crippen LogP contribution in [0.2, 0.25) is 0 Å². The number of nitrogens with zero attached hydrogens (tertiary/aromatic N) is 1. The molecule has 1 atom stereocenters. The molecule has 0 aliphatic carbocycles. The number of nitrogens with two attached hydrogens (primary N) is 1. The molecule has 0 bridgehead atoms. The zero-order chi connectivity index (χ0) is 8.69. The summed E-state index contributed by atoms with van der Waals surface area (Å²) < 4.78 is 10.1. The van der Waals surface area contributed by atoms with Crippen LogP contribution in [-0.4, -0.2) is 12.7 Å². The standard InChI is InChI=1S/C6H13N2O2P/c1-6(2)10-11(8)9-5-3-4-7/h6H,3,5,8H2,1-2H3. The van der Waals surface area contributed by atoms with Crippen LogP contribution >= 0.6 is 8.53 Å². The van der Waals surface area contributed by atoms with Gasteiger partial charge in [-0.3, -0.25) is 5.50 Å². The second-order valence-corrected chi connectivity index (χ2v) is 3.22. The fraction of sp³-hybridized carbons (Fsp3) is 0.833. The van der Waals surface area contributed by atoms with Gasteiger partial charge in [-0.1, -0.05) is 0 Å². The summed E-state index contributed by atoms with van der Waals surface area (Å²) in [7, 11) is -1.28. The van der Waals surface area contributed by atoms with E-state index < -0.39 is 8.53 Å². The van der Waals surface area contributed by atoms with Crippen molar-refractivity contribution in [2.75, 3.05) is 6.61 Å². The summed E-state index contributed by atoms with van der Waals surface area (Å²) in [6.45, 7) is 4.12. The molecule has 0 aliphatic rings. The average Bonchev–Trinajstić information content (AvgIpc) is 1.86. The Morgan fingerprint density at radius 3 is 2.73 bits per heavy atom. The first-order chi connectivity index (χ1) is 5.16. The van der Waals surface area contributed by atoms with Crippen LogP contribution in [0.25, 0.3) is 0 Å². The van der Waals surface area contributed by atoms with Crippen LogP contribution in [0.5, 0.6) is 0 Å². The molecule has 1 unspecified atom stereocenters. The summed E-state index contributed by atoms with van der Waals surface area (Å²) in [6, 6.07) is 1.95.